The van der Waals surface area contributed by atoms with Crippen LogP contribution in [0.15, 0.2) is 36.7 Å². The van der Waals surface area contributed by atoms with E-state index in [9.17, 15) is 9.18 Å². The summed E-state index contributed by atoms with van der Waals surface area (Å²) < 4.78 is 12.1. The third-order valence-corrected chi connectivity index (χ3v) is 3.93. The molecule has 0 saturated carbocycles. The molecule has 0 atom stereocenters. The Morgan fingerprint density at radius 3 is 2.45 bits per heavy atom. The van der Waals surface area contributed by atoms with Gasteiger partial charge in [-0.05, 0) is 13.0 Å². The van der Waals surface area contributed by atoms with Crippen molar-refractivity contribution in [3.8, 4) is 11.1 Å². The second-order valence-electron chi connectivity index (χ2n) is 4.02. The zero-order valence-electron chi connectivity index (χ0n) is 10.2. The zero-order valence-corrected chi connectivity index (χ0v) is 13.3. The number of Topliss-reactive ketones (excluding diaryl/α,β-unsaturated/α-hetero) is 1. The van der Waals surface area contributed by atoms with Crippen molar-refractivity contribution in [3.63, 3.8) is 0 Å². The molecule has 20 heavy (non-hydrogen) atoms. The Morgan fingerprint density at radius 1 is 1.25 bits per heavy atom. The lowest BCUT2D eigenvalue weighted by molar-refractivity contribution is 0.101. The molecule has 0 spiro atoms. The van der Waals surface area contributed by atoms with Gasteiger partial charge in [-0.25, -0.2) is 0 Å². The Morgan fingerprint density at radius 2 is 1.90 bits per heavy atom. The molecule has 106 valence electrons. The summed E-state index contributed by atoms with van der Waals surface area (Å²) in [7, 11) is 0. The summed E-state index contributed by atoms with van der Waals surface area (Å²) in [5.41, 5.74) is 1.71. The van der Waals surface area contributed by atoms with Crippen molar-refractivity contribution in [2.45, 2.75) is 10.8 Å². The fourth-order valence-corrected chi connectivity index (χ4v) is 3.05. The molecule has 0 N–H and O–H groups in total. The van der Waals surface area contributed by atoms with E-state index in [2.05, 4.69) is 0 Å². The third kappa shape index (κ3) is 3.70. The summed E-state index contributed by atoms with van der Waals surface area (Å²) in [5, 5.41) is 0.501. The first-order valence-electron chi connectivity index (χ1n) is 5.52. The maximum atomic E-state index is 13.3. The van der Waals surface area contributed by atoms with E-state index in [1.807, 2.05) is 0 Å². The largest absolute Gasteiger partial charge is 0.323 e. The number of ketones is 1. The molecular formula is C13H9Cl3FNOS. The summed E-state index contributed by atoms with van der Waals surface area (Å²) >= 11 is 17.3. The van der Waals surface area contributed by atoms with Gasteiger partial charge in [-0.1, -0.05) is 53.0 Å². The highest BCUT2D eigenvalue weighted by Crippen LogP contribution is 2.39. The molecule has 0 aliphatic rings. The number of halogens is 4. The molecule has 1 heterocycles. The van der Waals surface area contributed by atoms with E-state index < -0.39 is 3.92 Å². The Balaban J connectivity index is 2.52. The van der Waals surface area contributed by atoms with Gasteiger partial charge in [0.1, 0.15) is 0 Å². The summed E-state index contributed by atoms with van der Waals surface area (Å²) in [4.78, 5) is 11.7. The van der Waals surface area contributed by atoms with Gasteiger partial charge in [-0.3, -0.25) is 8.77 Å². The van der Waals surface area contributed by atoms with Gasteiger partial charge < -0.3 is 0 Å². The Hall–Kier alpha value is -0.680. The fourth-order valence-electron chi connectivity index (χ4n) is 1.78. The maximum Gasteiger partial charge on any atom is 0.323 e. The lowest BCUT2D eigenvalue weighted by atomic mass is 10.0. The minimum Gasteiger partial charge on any atom is -0.294 e. The lowest BCUT2D eigenvalue weighted by Gasteiger charge is -2.08. The summed E-state index contributed by atoms with van der Waals surface area (Å²) in [6, 6.07) is 7.09. The highest BCUT2D eigenvalue weighted by Gasteiger charge is 2.26. The number of hydrogen-bond acceptors (Lipinski definition) is 2. The minimum absolute atomic E-state index is 0.159. The average Bonchev–Trinajstić information content (AvgIpc) is 2.71. The monoisotopic (exact) mass is 351 g/mol. The molecular weight excluding hydrogens is 344 g/mol. The van der Waals surface area contributed by atoms with Crippen LogP contribution < -0.4 is 0 Å². The van der Waals surface area contributed by atoms with Crippen molar-refractivity contribution in [2.24, 2.45) is 0 Å². The van der Waals surface area contributed by atoms with Gasteiger partial charge in [0, 0.05) is 46.1 Å². The van der Waals surface area contributed by atoms with Gasteiger partial charge in [0.15, 0.2) is 5.78 Å². The van der Waals surface area contributed by atoms with Gasteiger partial charge in [0.25, 0.3) is 0 Å². The fraction of sp³-hybridized carbons (Fsp3) is 0.154. The minimum atomic E-state index is -2.48. The smallest absolute Gasteiger partial charge is 0.294 e. The van der Waals surface area contributed by atoms with Crippen LogP contribution >= 0.6 is 46.8 Å². The van der Waals surface area contributed by atoms with E-state index >= 15 is 0 Å². The SMILES string of the molecule is CC(=O)c1cn(SC(F)(Cl)Cl)cc1-c1ccccc1Cl. The number of carbonyl (C=O) groups excluding carboxylic acids is 1. The number of benzene rings is 1. The van der Waals surface area contributed by atoms with Crippen molar-refractivity contribution in [2.75, 3.05) is 0 Å². The van der Waals surface area contributed by atoms with Crippen LogP contribution in [0.5, 0.6) is 0 Å². The Kier molecular flexibility index (Phi) is 4.69. The summed E-state index contributed by atoms with van der Waals surface area (Å²) in [6.45, 7) is 1.43. The molecule has 2 aromatic rings. The number of hydrogen-bond donors (Lipinski definition) is 0. The first-order chi connectivity index (χ1) is 9.28. The van der Waals surface area contributed by atoms with E-state index in [-0.39, 0.29) is 5.78 Å². The first-order valence-corrected chi connectivity index (χ1v) is 7.43. The molecule has 0 radical (unpaired) electrons. The quantitative estimate of drug-likeness (QED) is 0.530. The van der Waals surface area contributed by atoms with E-state index in [1.54, 1.807) is 30.5 Å². The molecule has 0 bridgehead atoms. The van der Waals surface area contributed by atoms with Crippen molar-refractivity contribution < 1.29 is 9.18 Å². The van der Waals surface area contributed by atoms with Crippen molar-refractivity contribution >= 4 is 52.5 Å². The van der Waals surface area contributed by atoms with Crippen LogP contribution in [0.2, 0.25) is 5.02 Å². The highest BCUT2D eigenvalue weighted by atomic mass is 35.5. The number of aromatic nitrogens is 1. The third-order valence-electron chi connectivity index (χ3n) is 2.56. The predicted molar refractivity (Wildman–Crippen MR) is 83.4 cm³/mol. The predicted octanol–water partition coefficient (Wildman–Crippen LogP) is 5.57. The molecule has 0 amide bonds. The second-order valence-corrected chi connectivity index (χ2v) is 7.28. The van der Waals surface area contributed by atoms with Gasteiger partial charge in [-0.15, -0.1) is 0 Å². The maximum absolute atomic E-state index is 13.3. The molecule has 2 nitrogen and oxygen atoms in total. The average molecular weight is 353 g/mol. The number of carbonyl (C=O) groups is 1. The van der Waals surface area contributed by atoms with E-state index in [0.717, 1.165) is 0 Å². The van der Waals surface area contributed by atoms with E-state index in [0.29, 0.717) is 33.7 Å². The van der Waals surface area contributed by atoms with Gasteiger partial charge in [0.2, 0.25) is 0 Å². The first kappa shape index (κ1) is 15.7. The van der Waals surface area contributed by atoms with Crippen LogP contribution in [0, 0.1) is 0 Å². The van der Waals surface area contributed by atoms with Crippen molar-refractivity contribution in [3.05, 3.63) is 47.2 Å². The van der Waals surface area contributed by atoms with E-state index in [4.69, 9.17) is 34.8 Å². The van der Waals surface area contributed by atoms with Gasteiger partial charge in [-0.2, -0.15) is 4.39 Å². The van der Waals surface area contributed by atoms with Crippen LogP contribution in [0.3, 0.4) is 0 Å². The van der Waals surface area contributed by atoms with Gasteiger partial charge in [0.05, 0.1) is 0 Å². The van der Waals surface area contributed by atoms with Crippen molar-refractivity contribution in [1.29, 1.82) is 0 Å². The Labute approximate surface area is 134 Å². The van der Waals surface area contributed by atoms with Crippen LogP contribution in [-0.2, 0) is 0 Å². The molecule has 0 fully saturated rings. The lowest BCUT2D eigenvalue weighted by Crippen LogP contribution is -2.00. The summed E-state index contributed by atoms with van der Waals surface area (Å²) in [6.07, 6.45) is 3.05. The molecule has 7 heteroatoms. The van der Waals surface area contributed by atoms with Crippen LogP contribution in [0.4, 0.5) is 4.39 Å². The normalized spacial score (nSPS) is 11.7. The molecule has 2 rings (SSSR count). The molecule has 0 aliphatic carbocycles. The highest BCUT2D eigenvalue weighted by molar-refractivity contribution is 8.01. The number of nitrogens with zero attached hydrogens (tertiary/aromatic N) is 1. The number of rotatable bonds is 4. The van der Waals surface area contributed by atoms with Crippen LogP contribution in [-0.4, -0.2) is 13.7 Å². The van der Waals surface area contributed by atoms with Crippen LogP contribution in [0.1, 0.15) is 17.3 Å². The number of alkyl halides is 3. The van der Waals surface area contributed by atoms with Crippen LogP contribution in [0.25, 0.3) is 11.1 Å². The Bertz CT molecular complexity index is 651. The topological polar surface area (TPSA) is 22.0 Å². The molecule has 1 aromatic carbocycles. The molecule has 0 saturated heterocycles. The second kappa shape index (κ2) is 5.98. The summed E-state index contributed by atoms with van der Waals surface area (Å²) in [5.74, 6) is -0.159. The standard InChI is InChI=1S/C13H9Cl3FNOS/c1-8(19)10-6-18(20-13(15,16)17)7-11(10)9-4-2-3-5-12(9)14/h2-7H,1H3. The van der Waals surface area contributed by atoms with E-state index in [1.165, 1.54) is 17.1 Å². The molecule has 0 unspecified atom stereocenters. The molecule has 1 aromatic heterocycles. The molecule has 0 aliphatic heterocycles. The van der Waals surface area contributed by atoms with Gasteiger partial charge >= 0.3 is 3.92 Å². The zero-order chi connectivity index (χ0) is 14.9. The van der Waals surface area contributed by atoms with Crippen molar-refractivity contribution in [1.82, 2.24) is 3.97 Å².